The Labute approximate surface area is 157 Å². The van der Waals surface area contributed by atoms with Crippen LogP contribution in [0, 0.1) is 13.8 Å². The highest BCUT2D eigenvalue weighted by molar-refractivity contribution is 7.92. The van der Waals surface area contributed by atoms with Crippen LogP contribution < -0.4 is 9.62 Å². The molecule has 1 aliphatic carbocycles. The quantitative estimate of drug-likeness (QED) is 0.705. The number of rotatable bonds is 8. The van der Waals surface area contributed by atoms with Crippen LogP contribution in [0.2, 0.25) is 0 Å². The molecule has 0 aromatic heterocycles. The smallest absolute Gasteiger partial charge is 0.232 e. The van der Waals surface area contributed by atoms with E-state index in [1.54, 1.807) is 6.07 Å². The Morgan fingerprint density at radius 3 is 2.65 bits per heavy atom. The van der Waals surface area contributed by atoms with Crippen molar-refractivity contribution in [1.29, 1.82) is 0 Å². The highest BCUT2D eigenvalue weighted by Gasteiger charge is 2.20. The zero-order chi connectivity index (χ0) is 19.2. The van der Waals surface area contributed by atoms with E-state index in [1.807, 2.05) is 26.0 Å². The third kappa shape index (κ3) is 5.87. The number of hydrogen-bond acceptors (Lipinski definition) is 3. The van der Waals surface area contributed by atoms with E-state index in [9.17, 15) is 13.2 Å². The van der Waals surface area contributed by atoms with Crippen molar-refractivity contribution < 1.29 is 13.2 Å². The zero-order valence-corrected chi connectivity index (χ0v) is 16.9. The molecule has 1 amide bonds. The molecule has 0 radical (unpaired) electrons. The number of carbonyl (C=O) groups excluding carboxylic acids is 1. The predicted octanol–water partition coefficient (Wildman–Crippen LogP) is 3.47. The van der Waals surface area contributed by atoms with Crippen LogP contribution in [0.3, 0.4) is 0 Å². The van der Waals surface area contributed by atoms with E-state index in [4.69, 9.17) is 0 Å². The molecule has 0 atom stereocenters. The van der Waals surface area contributed by atoms with Gasteiger partial charge in [-0.2, -0.15) is 0 Å². The fraction of sp³-hybridized carbons (Fsp3) is 0.550. The van der Waals surface area contributed by atoms with Gasteiger partial charge in [-0.15, -0.1) is 0 Å². The Hall–Kier alpha value is -1.82. The average molecular weight is 379 g/mol. The van der Waals surface area contributed by atoms with Crippen LogP contribution in [0.4, 0.5) is 5.69 Å². The van der Waals surface area contributed by atoms with Crippen LogP contribution in [0.5, 0.6) is 0 Å². The van der Waals surface area contributed by atoms with Crippen molar-refractivity contribution in [3.05, 3.63) is 41.0 Å². The maximum absolute atomic E-state index is 12.2. The Balaban J connectivity index is 1.92. The first-order valence-corrected chi connectivity index (χ1v) is 11.1. The van der Waals surface area contributed by atoms with Crippen molar-refractivity contribution in [3.8, 4) is 0 Å². The van der Waals surface area contributed by atoms with E-state index < -0.39 is 10.0 Å². The molecule has 0 unspecified atom stereocenters. The summed E-state index contributed by atoms with van der Waals surface area (Å²) in [6, 6.07) is 5.58. The van der Waals surface area contributed by atoms with Gasteiger partial charge in [0.1, 0.15) is 0 Å². The van der Waals surface area contributed by atoms with Crippen LogP contribution >= 0.6 is 0 Å². The molecule has 0 heterocycles. The van der Waals surface area contributed by atoms with E-state index in [2.05, 4.69) is 11.4 Å². The van der Waals surface area contributed by atoms with E-state index in [0.717, 1.165) is 30.4 Å². The SMILES string of the molecule is Cc1cccc(N(CCC(=O)NCCC2=CCCCC2)S(C)(=O)=O)c1C. The molecule has 0 fully saturated rings. The van der Waals surface area contributed by atoms with Gasteiger partial charge in [-0.3, -0.25) is 9.10 Å². The van der Waals surface area contributed by atoms with Gasteiger partial charge < -0.3 is 5.32 Å². The van der Waals surface area contributed by atoms with Crippen molar-refractivity contribution in [1.82, 2.24) is 5.32 Å². The van der Waals surface area contributed by atoms with Gasteiger partial charge in [0.2, 0.25) is 15.9 Å². The van der Waals surface area contributed by atoms with Gasteiger partial charge in [-0.25, -0.2) is 8.42 Å². The first kappa shape index (κ1) is 20.5. The standard InChI is InChI=1S/C20H30N2O3S/c1-16-8-7-11-19(17(16)2)22(26(3,24)25)15-13-20(23)21-14-12-18-9-5-4-6-10-18/h7-9,11H,4-6,10,12-15H2,1-3H3,(H,21,23). The van der Waals surface area contributed by atoms with E-state index in [-0.39, 0.29) is 18.9 Å². The van der Waals surface area contributed by atoms with Crippen molar-refractivity contribution in [3.63, 3.8) is 0 Å². The van der Waals surface area contributed by atoms with Gasteiger partial charge >= 0.3 is 0 Å². The van der Waals surface area contributed by atoms with Gasteiger partial charge in [0.05, 0.1) is 11.9 Å². The van der Waals surface area contributed by atoms with E-state index >= 15 is 0 Å². The van der Waals surface area contributed by atoms with Crippen LogP contribution in [-0.2, 0) is 14.8 Å². The summed E-state index contributed by atoms with van der Waals surface area (Å²) in [5, 5.41) is 2.91. The molecule has 1 N–H and O–H groups in total. The van der Waals surface area contributed by atoms with Crippen LogP contribution in [0.25, 0.3) is 0 Å². The van der Waals surface area contributed by atoms with Crippen molar-refractivity contribution in [2.24, 2.45) is 0 Å². The van der Waals surface area contributed by atoms with Gasteiger partial charge in [-0.05, 0) is 63.1 Å². The molecular weight excluding hydrogens is 348 g/mol. The van der Waals surface area contributed by atoms with Gasteiger partial charge in [0, 0.05) is 19.5 Å². The number of aryl methyl sites for hydroxylation is 1. The second-order valence-corrected chi connectivity index (χ2v) is 8.92. The number of benzene rings is 1. The second-order valence-electron chi connectivity index (χ2n) is 7.01. The minimum absolute atomic E-state index is 0.111. The molecule has 0 bridgehead atoms. The lowest BCUT2D eigenvalue weighted by Gasteiger charge is -2.24. The first-order valence-electron chi connectivity index (χ1n) is 9.27. The summed E-state index contributed by atoms with van der Waals surface area (Å²) in [5.41, 5.74) is 4.02. The van der Waals surface area contributed by atoms with Gasteiger partial charge in [0.25, 0.3) is 0 Å². The van der Waals surface area contributed by atoms with Gasteiger partial charge in [-0.1, -0.05) is 23.8 Å². The topological polar surface area (TPSA) is 66.5 Å². The number of sulfonamides is 1. The summed E-state index contributed by atoms with van der Waals surface area (Å²) in [7, 11) is -3.45. The lowest BCUT2D eigenvalue weighted by atomic mass is 9.97. The predicted molar refractivity (Wildman–Crippen MR) is 107 cm³/mol. The lowest BCUT2D eigenvalue weighted by molar-refractivity contribution is -0.120. The molecule has 1 aliphatic rings. The Morgan fingerprint density at radius 1 is 1.23 bits per heavy atom. The molecule has 0 saturated carbocycles. The summed E-state index contributed by atoms with van der Waals surface area (Å²) in [6.07, 6.45) is 9.27. The molecule has 1 aromatic carbocycles. The Kier molecular flexibility index (Phi) is 7.26. The van der Waals surface area contributed by atoms with Crippen molar-refractivity contribution >= 4 is 21.6 Å². The third-order valence-electron chi connectivity index (χ3n) is 4.94. The fourth-order valence-corrected chi connectivity index (χ4v) is 4.23. The average Bonchev–Trinajstić information content (AvgIpc) is 2.58. The number of amides is 1. The normalized spacial score (nSPS) is 14.7. The van der Waals surface area contributed by atoms with E-state index in [1.165, 1.54) is 29.0 Å². The second kappa shape index (κ2) is 9.21. The summed E-state index contributed by atoms with van der Waals surface area (Å²) < 4.78 is 25.8. The molecular formula is C20H30N2O3S. The highest BCUT2D eigenvalue weighted by Crippen LogP contribution is 2.25. The summed E-state index contributed by atoms with van der Waals surface area (Å²) in [6.45, 7) is 4.62. The monoisotopic (exact) mass is 378 g/mol. The first-order chi connectivity index (χ1) is 12.3. The maximum atomic E-state index is 12.2. The van der Waals surface area contributed by atoms with Crippen molar-refractivity contribution in [2.75, 3.05) is 23.7 Å². The summed E-state index contributed by atoms with van der Waals surface area (Å²) in [4.78, 5) is 12.1. The van der Waals surface area contributed by atoms with Crippen LogP contribution in [0.1, 0.15) is 49.7 Å². The molecule has 6 heteroatoms. The summed E-state index contributed by atoms with van der Waals surface area (Å²) in [5.74, 6) is -0.111. The number of hydrogen-bond donors (Lipinski definition) is 1. The fourth-order valence-electron chi connectivity index (χ4n) is 3.26. The lowest BCUT2D eigenvalue weighted by Crippen LogP contribution is -2.35. The number of nitrogens with zero attached hydrogens (tertiary/aromatic N) is 1. The molecule has 144 valence electrons. The third-order valence-corrected chi connectivity index (χ3v) is 6.12. The molecule has 1 aromatic rings. The number of carbonyl (C=O) groups is 1. The number of allylic oxidation sites excluding steroid dienone is 1. The molecule has 0 saturated heterocycles. The minimum Gasteiger partial charge on any atom is -0.356 e. The summed E-state index contributed by atoms with van der Waals surface area (Å²) >= 11 is 0. The Morgan fingerprint density at radius 2 is 2.00 bits per heavy atom. The molecule has 0 aliphatic heterocycles. The largest absolute Gasteiger partial charge is 0.356 e. The minimum atomic E-state index is -3.45. The number of nitrogens with one attached hydrogen (secondary N) is 1. The molecule has 26 heavy (non-hydrogen) atoms. The Bertz CT molecular complexity index is 769. The van der Waals surface area contributed by atoms with Crippen LogP contribution in [-0.4, -0.2) is 33.7 Å². The van der Waals surface area contributed by atoms with E-state index in [0.29, 0.717) is 12.2 Å². The van der Waals surface area contributed by atoms with Crippen molar-refractivity contribution in [2.45, 2.75) is 52.4 Å². The maximum Gasteiger partial charge on any atom is 0.232 e. The highest BCUT2D eigenvalue weighted by atomic mass is 32.2. The zero-order valence-electron chi connectivity index (χ0n) is 16.0. The van der Waals surface area contributed by atoms with Gasteiger partial charge in [0.15, 0.2) is 0 Å². The number of anilines is 1. The molecule has 2 rings (SSSR count). The molecule has 0 spiro atoms. The van der Waals surface area contributed by atoms with Crippen LogP contribution in [0.15, 0.2) is 29.8 Å². The molecule has 5 nitrogen and oxygen atoms in total.